The third-order valence-electron chi connectivity index (χ3n) is 5.83. The molecule has 0 bridgehead atoms. The second kappa shape index (κ2) is 12.0. The second-order valence-corrected chi connectivity index (χ2v) is 8.86. The number of benzene rings is 2. The Morgan fingerprint density at radius 3 is 2.68 bits per heavy atom. The van der Waals surface area contributed by atoms with Gasteiger partial charge in [-0.15, -0.1) is 0 Å². The van der Waals surface area contributed by atoms with Crippen molar-refractivity contribution in [3.63, 3.8) is 0 Å². The monoisotopic (exact) mass is 484 g/mol. The molecular formula is C26H33ClN4O3. The van der Waals surface area contributed by atoms with Crippen molar-refractivity contribution in [3.8, 4) is 0 Å². The van der Waals surface area contributed by atoms with E-state index in [0.29, 0.717) is 29.4 Å². The van der Waals surface area contributed by atoms with Crippen molar-refractivity contribution in [1.29, 1.82) is 0 Å². The minimum absolute atomic E-state index is 0.0961. The summed E-state index contributed by atoms with van der Waals surface area (Å²) in [6, 6.07) is 10.6. The first kappa shape index (κ1) is 25.7. The van der Waals surface area contributed by atoms with Crippen LogP contribution in [0.15, 0.2) is 36.4 Å². The molecule has 1 aromatic heterocycles. The van der Waals surface area contributed by atoms with Crippen LogP contribution in [0, 0.1) is 6.92 Å². The first-order valence-corrected chi connectivity index (χ1v) is 12.1. The number of anilines is 1. The zero-order chi connectivity index (χ0) is 24.7. The van der Waals surface area contributed by atoms with Crippen LogP contribution in [0.25, 0.3) is 11.0 Å². The molecule has 34 heavy (non-hydrogen) atoms. The highest BCUT2D eigenvalue weighted by Gasteiger charge is 2.19. The smallest absolute Gasteiger partial charge is 0.251 e. The summed E-state index contributed by atoms with van der Waals surface area (Å²) in [5.74, 6) is 0.555. The predicted molar refractivity (Wildman–Crippen MR) is 137 cm³/mol. The number of hydrogen-bond acceptors (Lipinski definition) is 4. The van der Waals surface area contributed by atoms with Crippen LogP contribution in [0.2, 0.25) is 5.02 Å². The number of imidazole rings is 1. The van der Waals surface area contributed by atoms with Crippen molar-refractivity contribution in [2.45, 2.75) is 52.5 Å². The van der Waals surface area contributed by atoms with Gasteiger partial charge in [-0.2, -0.15) is 0 Å². The van der Waals surface area contributed by atoms with E-state index in [-0.39, 0.29) is 17.9 Å². The standard InChI is InChI=1S/C26H33ClN4O3/c1-5-31(24(32)9-7-6-8-14-34-4)23-13-10-19(15-17(23)2)26(33)28-18(3)25-29-21-12-11-20(27)16-22(21)30-25/h10-13,15-16,18H,5-9,14H2,1-4H3,(H,28,33)(H,29,30)/t18-/m0/s1. The highest BCUT2D eigenvalue weighted by Crippen LogP contribution is 2.24. The molecule has 0 aliphatic rings. The van der Waals surface area contributed by atoms with Crippen molar-refractivity contribution < 1.29 is 14.3 Å². The van der Waals surface area contributed by atoms with E-state index in [0.717, 1.165) is 48.2 Å². The van der Waals surface area contributed by atoms with Gasteiger partial charge in [-0.25, -0.2) is 4.98 Å². The van der Waals surface area contributed by atoms with E-state index in [4.69, 9.17) is 16.3 Å². The molecule has 0 saturated carbocycles. The normalized spacial score (nSPS) is 12.0. The van der Waals surface area contributed by atoms with Crippen LogP contribution in [-0.2, 0) is 9.53 Å². The summed E-state index contributed by atoms with van der Waals surface area (Å²) in [5, 5.41) is 3.60. The lowest BCUT2D eigenvalue weighted by atomic mass is 10.1. The Kier molecular flexibility index (Phi) is 9.07. The zero-order valence-corrected chi connectivity index (χ0v) is 21.0. The minimum Gasteiger partial charge on any atom is -0.385 e. The number of nitrogens with zero attached hydrogens (tertiary/aromatic N) is 2. The van der Waals surface area contributed by atoms with Crippen LogP contribution >= 0.6 is 11.6 Å². The fourth-order valence-corrected chi connectivity index (χ4v) is 4.13. The number of methoxy groups -OCH3 is 1. The van der Waals surface area contributed by atoms with E-state index in [1.807, 2.05) is 39.0 Å². The topological polar surface area (TPSA) is 87.3 Å². The molecule has 1 atom stereocenters. The van der Waals surface area contributed by atoms with E-state index >= 15 is 0 Å². The Hall–Kier alpha value is -2.90. The number of carbonyl (C=O) groups excluding carboxylic acids is 2. The third-order valence-corrected chi connectivity index (χ3v) is 6.06. The van der Waals surface area contributed by atoms with E-state index in [1.54, 1.807) is 30.2 Å². The fraction of sp³-hybridized carbons (Fsp3) is 0.423. The lowest BCUT2D eigenvalue weighted by Gasteiger charge is -2.23. The molecule has 0 spiro atoms. The summed E-state index contributed by atoms with van der Waals surface area (Å²) in [7, 11) is 1.69. The van der Waals surface area contributed by atoms with Gasteiger partial charge in [0.25, 0.3) is 5.91 Å². The highest BCUT2D eigenvalue weighted by molar-refractivity contribution is 6.31. The van der Waals surface area contributed by atoms with Gasteiger partial charge < -0.3 is 19.9 Å². The Morgan fingerprint density at radius 1 is 1.18 bits per heavy atom. The summed E-state index contributed by atoms with van der Waals surface area (Å²) in [6.07, 6.45) is 3.26. The van der Waals surface area contributed by atoms with Crippen LogP contribution in [0.3, 0.4) is 0 Å². The number of halogens is 1. The molecule has 3 aromatic rings. The molecule has 0 aliphatic carbocycles. The summed E-state index contributed by atoms with van der Waals surface area (Å²) in [6.45, 7) is 7.06. The molecule has 0 saturated heterocycles. The first-order valence-electron chi connectivity index (χ1n) is 11.7. The molecule has 3 rings (SSSR count). The average molecular weight is 485 g/mol. The minimum atomic E-state index is -0.314. The number of aromatic nitrogens is 2. The molecule has 1 heterocycles. The maximum absolute atomic E-state index is 12.9. The van der Waals surface area contributed by atoms with Crippen LogP contribution in [0.1, 0.15) is 67.3 Å². The largest absolute Gasteiger partial charge is 0.385 e. The maximum atomic E-state index is 12.9. The van der Waals surface area contributed by atoms with E-state index in [9.17, 15) is 9.59 Å². The molecule has 2 amide bonds. The van der Waals surface area contributed by atoms with Crippen molar-refractivity contribution >= 4 is 40.1 Å². The molecule has 2 aromatic carbocycles. The highest BCUT2D eigenvalue weighted by atomic mass is 35.5. The number of H-pyrrole nitrogens is 1. The molecule has 0 radical (unpaired) electrons. The Morgan fingerprint density at radius 2 is 1.97 bits per heavy atom. The number of fused-ring (bicyclic) bond motifs is 1. The van der Waals surface area contributed by atoms with Crippen LogP contribution in [0.4, 0.5) is 5.69 Å². The summed E-state index contributed by atoms with van der Waals surface area (Å²) in [5.41, 5.74) is 3.88. The van der Waals surface area contributed by atoms with Gasteiger partial charge in [0.15, 0.2) is 0 Å². The van der Waals surface area contributed by atoms with Gasteiger partial charge in [0.05, 0.1) is 17.1 Å². The van der Waals surface area contributed by atoms with Gasteiger partial charge in [0, 0.05) is 43.0 Å². The van der Waals surface area contributed by atoms with Gasteiger partial charge in [-0.3, -0.25) is 9.59 Å². The Labute approximate surface area is 205 Å². The molecule has 2 N–H and O–H groups in total. The number of rotatable bonds is 11. The average Bonchev–Trinajstić information content (AvgIpc) is 3.23. The van der Waals surface area contributed by atoms with E-state index in [1.165, 1.54) is 0 Å². The molecule has 8 heteroatoms. The van der Waals surface area contributed by atoms with Gasteiger partial charge in [-0.05, 0) is 75.6 Å². The number of aryl methyl sites for hydroxylation is 1. The molecular weight excluding hydrogens is 452 g/mol. The number of carbonyl (C=O) groups is 2. The molecule has 7 nitrogen and oxygen atoms in total. The van der Waals surface area contributed by atoms with E-state index < -0.39 is 0 Å². The van der Waals surface area contributed by atoms with Crippen molar-refractivity contribution in [2.75, 3.05) is 25.2 Å². The number of unbranched alkanes of at least 4 members (excludes halogenated alkanes) is 2. The molecule has 0 unspecified atom stereocenters. The van der Waals surface area contributed by atoms with Crippen molar-refractivity contribution in [2.24, 2.45) is 0 Å². The Balaban J connectivity index is 1.65. The number of hydrogen-bond donors (Lipinski definition) is 2. The SMILES string of the molecule is CCN(C(=O)CCCCCOC)c1ccc(C(=O)N[C@@H](C)c2nc3cc(Cl)ccc3[nH]2)cc1C. The number of ether oxygens (including phenoxy) is 1. The van der Waals surface area contributed by atoms with Gasteiger partial charge in [0.2, 0.25) is 5.91 Å². The Bertz CT molecular complexity index is 1140. The van der Waals surface area contributed by atoms with Crippen molar-refractivity contribution in [3.05, 3.63) is 58.4 Å². The lowest BCUT2D eigenvalue weighted by molar-refractivity contribution is -0.118. The van der Waals surface area contributed by atoms with Gasteiger partial charge in [0.1, 0.15) is 5.82 Å². The van der Waals surface area contributed by atoms with Crippen LogP contribution in [-0.4, -0.2) is 42.0 Å². The number of aromatic amines is 1. The summed E-state index contributed by atoms with van der Waals surface area (Å²) < 4.78 is 5.06. The maximum Gasteiger partial charge on any atom is 0.251 e. The first-order chi connectivity index (χ1) is 16.3. The predicted octanol–water partition coefficient (Wildman–Crippen LogP) is 5.58. The van der Waals surface area contributed by atoms with Gasteiger partial charge >= 0.3 is 0 Å². The molecule has 0 fully saturated rings. The third kappa shape index (κ3) is 6.36. The number of amides is 2. The van der Waals surface area contributed by atoms with Gasteiger partial charge in [-0.1, -0.05) is 18.0 Å². The number of nitrogens with one attached hydrogen (secondary N) is 2. The lowest BCUT2D eigenvalue weighted by Crippen LogP contribution is -2.31. The fourth-order valence-electron chi connectivity index (χ4n) is 3.97. The summed E-state index contributed by atoms with van der Waals surface area (Å²) >= 11 is 6.04. The van der Waals surface area contributed by atoms with Crippen molar-refractivity contribution in [1.82, 2.24) is 15.3 Å². The molecule has 0 aliphatic heterocycles. The summed E-state index contributed by atoms with van der Waals surface area (Å²) in [4.78, 5) is 35.2. The van der Waals surface area contributed by atoms with Crippen LogP contribution < -0.4 is 10.2 Å². The quantitative estimate of drug-likeness (QED) is 0.348. The van der Waals surface area contributed by atoms with Crippen LogP contribution in [0.5, 0.6) is 0 Å². The second-order valence-electron chi connectivity index (χ2n) is 8.42. The molecule has 182 valence electrons. The zero-order valence-electron chi connectivity index (χ0n) is 20.3. The van der Waals surface area contributed by atoms with E-state index in [2.05, 4.69) is 15.3 Å².